The number of pyridine rings is 1. The summed E-state index contributed by atoms with van der Waals surface area (Å²) in [4.78, 5) is 35.6. The van der Waals surface area contributed by atoms with Crippen LogP contribution in [0.25, 0.3) is 16.7 Å². The molecule has 2 N–H and O–H groups in total. The van der Waals surface area contributed by atoms with Gasteiger partial charge in [0.15, 0.2) is 0 Å². The maximum absolute atomic E-state index is 13.3. The van der Waals surface area contributed by atoms with Crippen LogP contribution >= 0.6 is 11.6 Å². The van der Waals surface area contributed by atoms with Crippen molar-refractivity contribution >= 4 is 40.0 Å². The molecular weight excluding hydrogens is 466 g/mol. The lowest BCUT2D eigenvalue weighted by atomic mass is 9.95. The molecule has 3 heterocycles. The Hall–Kier alpha value is -4.10. The number of rotatable bonds is 6. The number of ether oxygens (including phenoxy) is 1. The number of aliphatic hydroxyl groups excluding tert-OH is 1. The predicted octanol–water partition coefficient (Wildman–Crippen LogP) is 5.24. The average molecular weight is 488 g/mol. The summed E-state index contributed by atoms with van der Waals surface area (Å²) < 4.78 is 5.55. The van der Waals surface area contributed by atoms with Crippen LogP contribution in [0.1, 0.15) is 29.8 Å². The third-order valence-electron chi connectivity index (χ3n) is 6.02. The van der Waals surface area contributed by atoms with E-state index in [2.05, 4.69) is 9.97 Å². The number of para-hydroxylation sites is 1. The summed E-state index contributed by atoms with van der Waals surface area (Å²) >= 11 is 6.22. The number of nitrogens with one attached hydrogen (secondary N) is 1. The molecule has 1 amide bonds. The molecule has 1 aliphatic rings. The number of H-pyrrole nitrogens is 1. The number of Topliss-reactive ketones (excluding diaryl/α,β-unsaturated/α-hetero) is 1. The van der Waals surface area contributed by atoms with Crippen LogP contribution in [0, 0.1) is 0 Å². The third-order valence-corrected chi connectivity index (χ3v) is 6.33. The molecule has 1 unspecified atom stereocenters. The van der Waals surface area contributed by atoms with E-state index in [1.54, 1.807) is 42.7 Å². The molecule has 1 saturated heterocycles. The van der Waals surface area contributed by atoms with E-state index in [0.717, 1.165) is 10.9 Å². The predicted molar refractivity (Wildman–Crippen MR) is 133 cm³/mol. The first kappa shape index (κ1) is 22.7. The fraction of sp³-hybridized carbons (Fsp3) is 0.148. The average Bonchev–Trinajstić information content (AvgIpc) is 3.40. The molecule has 5 rings (SSSR count). The molecule has 176 valence electrons. The first-order chi connectivity index (χ1) is 17.0. The number of nitrogens with zero attached hydrogens (tertiary/aromatic N) is 2. The van der Waals surface area contributed by atoms with Gasteiger partial charge in [0.05, 0.1) is 35.5 Å². The summed E-state index contributed by atoms with van der Waals surface area (Å²) in [6, 6.07) is 16.9. The van der Waals surface area contributed by atoms with E-state index < -0.39 is 17.7 Å². The smallest absolute Gasteiger partial charge is 0.296 e. The number of aliphatic hydroxyl groups is 1. The highest BCUT2D eigenvalue weighted by Gasteiger charge is 2.47. The number of aromatic nitrogens is 2. The molecule has 1 atom stereocenters. The van der Waals surface area contributed by atoms with Crippen LogP contribution in [0.15, 0.2) is 78.6 Å². The Balaban J connectivity index is 1.70. The molecule has 0 saturated carbocycles. The van der Waals surface area contributed by atoms with Crippen LogP contribution in [0.3, 0.4) is 0 Å². The Bertz CT molecular complexity index is 1460. The van der Waals surface area contributed by atoms with Gasteiger partial charge in [-0.3, -0.25) is 14.6 Å². The van der Waals surface area contributed by atoms with E-state index in [-0.39, 0.29) is 17.9 Å². The van der Waals surface area contributed by atoms with Gasteiger partial charge in [-0.1, -0.05) is 35.9 Å². The molecule has 0 bridgehead atoms. The van der Waals surface area contributed by atoms with Crippen molar-refractivity contribution in [1.29, 1.82) is 0 Å². The van der Waals surface area contributed by atoms with Crippen LogP contribution in [-0.4, -0.2) is 38.3 Å². The highest BCUT2D eigenvalue weighted by atomic mass is 35.5. The summed E-state index contributed by atoms with van der Waals surface area (Å²) in [5.74, 6) is -1.38. The first-order valence-corrected chi connectivity index (χ1v) is 11.5. The number of hydrogen-bond donors (Lipinski definition) is 2. The Morgan fingerprint density at radius 3 is 2.71 bits per heavy atom. The zero-order valence-corrected chi connectivity index (χ0v) is 19.6. The first-order valence-electron chi connectivity index (χ1n) is 11.2. The zero-order chi connectivity index (χ0) is 24.5. The quantitative estimate of drug-likeness (QED) is 0.220. The number of amides is 1. The second-order valence-electron chi connectivity index (χ2n) is 8.12. The number of aromatic amines is 1. The van der Waals surface area contributed by atoms with Crippen LogP contribution < -0.4 is 4.74 Å². The summed E-state index contributed by atoms with van der Waals surface area (Å²) in [5, 5.41) is 12.6. The van der Waals surface area contributed by atoms with Crippen molar-refractivity contribution in [2.75, 3.05) is 6.61 Å². The SMILES string of the molecule is CCOc1cc(/C(O)=C2\C(=O)C(=O)N(Cc3ccccn3)C2c2c[nH]c3ccccc23)ccc1Cl. The van der Waals surface area contributed by atoms with Gasteiger partial charge >= 0.3 is 0 Å². The van der Waals surface area contributed by atoms with E-state index in [9.17, 15) is 14.7 Å². The lowest BCUT2D eigenvalue weighted by Gasteiger charge is -2.24. The van der Waals surface area contributed by atoms with Crippen LogP contribution in [0.5, 0.6) is 5.75 Å². The minimum absolute atomic E-state index is 0.000421. The van der Waals surface area contributed by atoms with Crippen molar-refractivity contribution in [2.24, 2.45) is 0 Å². The minimum atomic E-state index is -0.820. The largest absolute Gasteiger partial charge is 0.507 e. The molecule has 2 aromatic carbocycles. The Morgan fingerprint density at radius 2 is 1.94 bits per heavy atom. The van der Waals surface area contributed by atoms with Gasteiger partial charge in [-0.15, -0.1) is 0 Å². The molecule has 0 radical (unpaired) electrons. The lowest BCUT2D eigenvalue weighted by Crippen LogP contribution is -2.29. The second kappa shape index (κ2) is 9.27. The summed E-state index contributed by atoms with van der Waals surface area (Å²) in [6.45, 7) is 2.31. The van der Waals surface area contributed by atoms with Gasteiger partial charge in [-0.25, -0.2) is 0 Å². The monoisotopic (exact) mass is 487 g/mol. The van der Waals surface area contributed by atoms with Crippen LogP contribution in [0.4, 0.5) is 0 Å². The topological polar surface area (TPSA) is 95.5 Å². The second-order valence-corrected chi connectivity index (χ2v) is 8.52. The number of hydrogen-bond acceptors (Lipinski definition) is 5. The number of likely N-dealkylation sites (tertiary alicyclic amines) is 1. The van der Waals surface area contributed by atoms with Gasteiger partial charge in [0.25, 0.3) is 11.7 Å². The fourth-order valence-corrected chi connectivity index (χ4v) is 4.60. The normalized spacial score (nSPS) is 17.3. The molecular formula is C27H22ClN3O4. The Morgan fingerprint density at radius 1 is 1.14 bits per heavy atom. The maximum atomic E-state index is 13.3. The highest BCUT2D eigenvalue weighted by molar-refractivity contribution is 6.46. The van der Waals surface area contributed by atoms with Gasteiger partial charge < -0.3 is 19.7 Å². The number of fused-ring (bicyclic) bond motifs is 1. The number of carbonyl (C=O) groups is 2. The van der Waals surface area contributed by atoms with Crippen molar-refractivity contribution in [3.8, 4) is 5.75 Å². The van der Waals surface area contributed by atoms with Gasteiger partial charge in [0, 0.05) is 34.4 Å². The highest BCUT2D eigenvalue weighted by Crippen LogP contribution is 2.43. The fourth-order valence-electron chi connectivity index (χ4n) is 4.43. The number of benzene rings is 2. The molecule has 4 aromatic rings. The zero-order valence-electron chi connectivity index (χ0n) is 18.9. The standard InChI is InChI=1S/C27H22ClN3O4/c1-2-35-22-13-16(10-11-20(22)28)25(32)23-24(19-14-30-21-9-4-3-8-18(19)21)31(27(34)26(23)33)15-17-7-5-6-12-29-17/h3-14,24,30,32H,2,15H2,1H3/b25-23+. The van der Waals surface area contributed by atoms with Crippen LogP contribution in [0.2, 0.25) is 5.02 Å². The van der Waals surface area contributed by atoms with Crippen molar-refractivity contribution < 1.29 is 19.4 Å². The van der Waals surface area contributed by atoms with Crippen molar-refractivity contribution in [3.63, 3.8) is 0 Å². The van der Waals surface area contributed by atoms with E-state index in [0.29, 0.717) is 34.2 Å². The molecule has 0 aliphatic carbocycles. The van der Waals surface area contributed by atoms with Crippen molar-refractivity contribution in [1.82, 2.24) is 14.9 Å². The molecule has 1 fully saturated rings. The molecule has 2 aromatic heterocycles. The summed E-state index contributed by atoms with van der Waals surface area (Å²) in [5.41, 5.74) is 2.52. The number of ketones is 1. The van der Waals surface area contributed by atoms with Crippen LogP contribution in [-0.2, 0) is 16.1 Å². The Labute approximate surface area is 206 Å². The van der Waals surface area contributed by atoms with E-state index in [1.165, 1.54) is 4.90 Å². The van der Waals surface area contributed by atoms with Gasteiger partial charge in [0.1, 0.15) is 11.5 Å². The maximum Gasteiger partial charge on any atom is 0.296 e. The lowest BCUT2D eigenvalue weighted by molar-refractivity contribution is -0.140. The summed E-state index contributed by atoms with van der Waals surface area (Å²) in [7, 11) is 0. The minimum Gasteiger partial charge on any atom is -0.507 e. The third kappa shape index (κ3) is 4.04. The van der Waals surface area contributed by atoms with Gasteiger partial charge in [0.2, 0.25) is 0 Å². The summed E-state index contributed by atoms with van der Waals surface area (Å²) in [6.07, 6.45) is 3.41. The van der Waals surface area contributed by atoms with Crippen molar-refractivity contribution in [2.45, 2.75) is 19.5 Å². The van der Waals surface area contributed by atoms with Gasteiger partial charge in [-0.2, -0.15) is 0 Å². The molecule has 7 nitrogen and oxygen atoms in total. The number of carbonyl (C=O) groups excluding carboxylic acids is 2. The Kier molecular flexibility index (Phi) is 6.01. The number of halogens is 1. The van der Waals surface area contributed by atoms with Crippen molar-refractivity contribution in [3.05, 3.63) is 100 Å². The molecule has 35 heavy (non-hydrogen) atoms. The van der Waals surface area contributed by atoms with E-state index in [4.69, 9.17) is 16.3 Å². The van der Waals surface area contributed by atoms with E-state index >= 15 is 0 Å². The van der Waals surface area contributed by atoms with E-state index in [1.807, 2.05) is 37.3 Å². The van der Waals surface area contributed by atoms with Gasteiger partial charge in [-0.05, 0) is 43.3 Å². The molecule has 1 aliphatic heterocycles. The molecule has 8 heteroatoms. The molecule has 0 spiro atoms.